The van der Waals surface area contributed by atoms with E-state index in [1.54, 1.807) is 32.0 Å². The van der Waals surface area contributed by atoms with E-state index in [1.807, 2.05) is 0 Å². The Bertz CT molecular complexity index is 1370. The molecule has 162 valence electrons. The zero-order chi connectivity index (χ0) is 22.7. The Kier molecular flexibility index (Phi) is 5.94. The van der Waals surface area contributed by atoms with Crippen LogP contribution in [0.5, 0.6) is 5.75 Å². The molecular formula is C20H17N7O4S. The van der Waals surface area contributed by atoms with Crippen molar-refractivity contribution in [3.05, 3.63) is 35.2 Å². The Balaban J connectivity index is 1.67. The van der Waals surface area contributed by atoms with Crippen LogP contribution in [0.4, 0.5) is 17.3 Å². The van der Waals surface area contributed by atoms with Crippen LogP contribution in [0, 0.1) is 0 Å². The van der Waals surface area contributed by atoms with Crippen LogP contribution in [0.15, 0.2) is 40.6 Å². The molecule has 4 rings (SSSR count). The summed E-state index contributed by atoms with van der Waals surface area (Å²) < 4.78 is 9.40. The Morgan fingerprint density at radius 2 is 1.97 bits per heavy atom. The first-order valence-electron chi connectivity index (χ1n) is 9.64. The molecule has 0 aliphatic rings. The van der Waals surface area contributed by atoms with Gasteiger partial charge in [0.1, 0.15) is 11.0 Å². The topological polar surface area (TPSA) is 152 Å². The number of rotatable bonds is 6. The molecule has 0 unspecified atom stereocenters. The van der Waals surface area contributed by atoms with Crippen LogP contribution in [0.1, 0.15) is 29.9 Å². The molecular weight excluding hydrogens is 434 g/mol. The van der Waals surface area contributed by atoms with Crippen LogP contribution >= 0.6 is 11.5 Å². The minimum atomic E-state index is -0.492. The van der Waals surface area contributed by atoms with Crippen molar-refractivity contribution >= 4 is 62.7 Å². The molecule has 2 N–H and O–H groups in total. The SMILES string of the molecule is CCOC(=O)c1snc2c1nnc1ccc(/N=N/c3ccc(O)c(NC(=O)CC)n3)cc12. The van der Waals surface area contributed by atoms with Crippen LogP contribution in [0.2, 0.25) is 0 Å². The standard InChI is InChI=1S/C20H17N7O4S/c1-3-15(29)22-19-13(28)7-8-14(21-19)25-23-10-5-6-12-11(9-10)16-17(26-24-12)18(32-27-16)20(30)31-4-2/h5-9,28H,3-4H2,1-2H3,(H,21,22,29)/b25-23+. The van der Waals surface area contributed by atoms with E-state index in [4.69, 9.17) is 4.74 Å². The zero-order valence-electron chi connectivity index (χ0n) is 17.1. The Labute approximate surface area is 185 Å². The summed E-state index contributed by atoms with van der Waals surface area (Å²) in [7, 11) is 0. The highest BCUT2D eigenvalue weighted by Gasteiger charge is 2.19. The number of carbonyl (C=O) groups excluding carboxylic acids is 2. The van der Waals surface area contributed by atoms with E-state index in [-0.39, 0.29) is 36.3 Å². The first kappa shape index (κ1) is 21.2. The van der Waals surface area contributed by atoms with Gasteiger partial charge in [-0.25, -0.2) is 9.78 Å². The van der Waals surface area contributed by atoms with Crippen molar-refractivity contribution in [3.8, 4) is 5.75 Å². The van der Waals surface area contributed by atoms with E-state index in [2.05, 4.69) is 35.1 Å². The number of carbonyl (C=O) groups is 2. The molecule has 11 nitrogen and oxygen atoms in total. The van der Waals surface area contributed by atoms with Crippen molar-refractivity contribution < 1.29 is 19.4 Å². The lowest BCUT2D eigenvalue weighted by Crippen LogP contribution is -2.10. The Morgan fingerprint density at radius 3 is 2.75 bits per heavy atom. The van der Waals surface area contributed by atoms with Gasteiger partial charge in [-0.15, -0.1) is 20.4 Å². The Hall–Kier alpha value is -4.06. The molecule has 0 atom stereocenters. The van der Waals surface area contributed by atoms with Gasteiger partial charge in [-0.1, -0.05) is 6.92 Å². The summed E-state index contributed by atoms with van der Waals surface area (Å²) in [6.45, 7) is 3.66. The molecule has 0 aliphatic heterocycles. The maximum atomic E-state index is 12.1. The zero-order valence-corrected chi connectivity index (χ0v) is 17.9. The smallest absolute Gasteiger partial charge is 0.352 e. The van der Waals surface area contributed by atoms with Gasteiger partial charge < -0.3 is 15.2 Å². The van der Waals surface area contributed by atoms with Crippen molar-refractivity contribution in [3.63, 3.8) is 0 Å². The number of amides is 1. The lowest BCUT2D eigenvalue weighted by atomic mass is 10.2. The highest BCUT2D eigenvalue weighted by atomic mass is 32.1. The Morgan fingerprint density at radius 1 is 1.12 bits per heavy atom. The number of aromatic nitrogens is 4. The number of fused-ring (bicyclic) bond motifs is 3. The van der Waals surface area contributed by atoms with Gasteiger partial charge in [0.25, 0.3) is 0 Å². The summed E-state index contributed by atoms with van der Waals surface area (Å²) in [5.74, 6) is -0.734. The molecule has 0 radical (unpaired) electrons. The number of azo groups is 1. The fourth-order valence-electron chi connectivity index (χ4n) is 2.77. The quantitative estimate of drug-likeness (QED) is 0.325. The van der Waals surface area contributed by atoms with Gasteiger partial charge in [-0.05, 0) is 48.8 Å². The number of aromatic hydroxyl groups is 1. The number of pyridine rings is 1. The molecule has 0 spiro atoms. The maximum absolute atomic E-state index is 12.1. The fourth-order valence-corrected chi connectivity index (χ4v) is 3.50. The number of anilines is 1. The minimum absolute atomic E-state index is 0.0118. The summed E-state index contributed by atoms with van der Waals surface area (Å²) in [5, 5.41) is 29.6. The molecule has 0 bridgehead atoms. The van der Waals surface area contributed by atoms with Gasteiger partial charge in [0, 0.05) is 11.8 Å². The molecule has 0 saturated carbocycles. The van der Waals surface area contributed by atoms with Crippen LogP contribution in [0.25, 0.3) is 21.9 Å². The van der Waals surface area contributed by atoms with Gasteiger partial charge in [-0.2, -0.15) is 4.37 Å². The molecule has 12 heteroatoms. The number of esters is 1. The molecule has 32 heavy (non-hydrogen) atoms. The molecule has 3 heterocycles. The summed E-state index contributed by atoms with van der Waals surface area (Å²) >= 11 is 1.00. The maximum Gasteiger partial charge on any atom is 0.352 e. The largest absolute Gasteiger partial charge is 0.504 e. The monoisotopic (exact) mass is 451 g/mol. The van der Waals surface area contributed by atoms with Crippen molar-refractivity contribution in [1.82, 2.24) is 19.6 Å². The third-order valence-corrected chi connectivity index (χ3v) is 5.14. The number of ether oxygens (including phenoxy) is 1. The first-order chi connectivity index (χ1) is 15.5. The van der Waals surface area contributed by atoms with Gasteiger partial charge >= 0.3 is 5.97 Å². The molecule has 4 aromatic rings. The van der Waals surface area contributed by atoms with E-state index in [1.165, 1.54) is 12.1 Å². The highest BCUT2D eigenvalue weighted by molar-refractivity contribution is 7.09. The van der Waals surface area contributed by atoms with Gasteiger partial charge in [-0.3, -0.25) is 4.79 Å². The fraction of sp³-hybridized carbons (Fsp3) is 0.200. The highest BCUT2D eigenvalue weighted by Crippen LogP contribution is 2.30. The average molecular weight is 451 g/mol. The van der Waals surface area contributed by atoms with E-state index in [0.717, 1.165) is 11.5 Å². The summed E-state index contributed by atoms with van der Waals surface area (Å²) in [5.41, 5.74) is 1.97. The number of nitrogens with zero attached hydrogens (tertiary/aromatic N) is 6. The van der Waals surface area contributed by atoms with Gasteiger partial charge in [0.2, 0.25) is 5.91 Å². The van der Waals surface area contributed by atoms with Crippen molar-refractivity contribution in [2.24, 2.45) is 10.2 Å². The predicted molar refractivity (Wildman–Crippen MR) is 118 cm³/mol. The molecule has 3 aromatic heterocycles. The normalized spacial score (nSPS) is 11.3. The van der Waals surface area contributed by atoms with Crippen LogP contribution in [-0.2, 0) is 9.53 Å². The number of hydrogen-bond acceptors (Lipinski definition) is 11. The van der Waals surface area contributed by atoms with Crippen molar-refractivity contribution in [1.29, 1.82) is 0 Å². The van der Waals surface area contributed by atoms with Crippen molar-refractivity contribution in [2.75, 3.05) is 11.9 Å². The second-order valence-corrected chi connectivity index (χ2v) is 7.24. The van der Waals surface area contributed by atoms with Crippen LogP contribution < -0.4 is 5.32 Å². The third-order valence-electron chi connectivity index (χ3n) is 4.33. The summed E-state index contributed by atoms with van der Waals surface area (Å²) in [4.78, 5) is 28.1. The van der Waals surface area contributed by atoms with Gasteiger partial charge in [0.05, 0.1) is 17.8 Å². The molecule has 0 aliphatic carbocycles. The lowest BCUT2D eigenvalue weighted by Gasteiger charge is -2.05. The molecule has 0 fully saturated rings. The predicted octanol–water partition coefficient (Wildman–Crippen LogP) is 4.28. The van der Waals surface area contributed by atoms with E-state index >= 15 is 0 Å². The molecule has 1 aromatic carbocycles. The average Bonchev–Trinajstić information content (AvgIpc) is 3.24. The van der Waals surface area contributed by atoms with Crippen LogP contribution in [-0.4, -0.2) is 43.1 Å². The lowest BCUT2D eigenvalue weighted by molar-refractivity contribution is -0.115. The third kappa shape index (κ3) is 4.21. The second-order valence-electron chi connectivity index (χ2n) is 6.47. The number of nitrogens with one attached hydrogen (secondary N) is 1. The minimum Gasteiger partial charge on any atom is -0.504 e. The van der Waals surface area contributed by atoms with E-state index < -0.39 is 5.97 Å². The van der Waals surface area contributed by atoms with E-state index in [0.29, 0.717) is 32.5 Å². The van der Waals surface area contributed by atoms with Crippen LogP contribution in [0.3, 0.4) is 0 Å². The van der Waals surface area contributed by atoms with E-state index in [9.17, 15) is 14.7 Å². The summed E-state index contributed by atoms with van der Waals surface area (Å²) in [6, 6.07) is 7.99. The molecule has 1 amide bonds. The van der Waals surface area contributed by atoms with Gasteiger partial charge in [0.15, 0.2) is 22.3 Å². The first-order valence-corrected chi connectivity index (χ1v) is 10.4. The molecule has 0 saturated heterocycles. The summed E-state index contributed by atoms with van der Waals surface area (Å²) in [6.07, 6.45) is 0.246. The van der Waals surface area contributed by atoms with Crippen molar-refractivity contribution in [2.45, 2.75) is 20.3 Å². The number of hydrogen-bond donors (Lipinski definition) is 2. The second kappa shape index (κ2) is 8.98. The number of benzene rings is 1.